The van der Waals surface area contributed by atoms with E-state index in [2.05, 4.69) is 47.1 Å². The molecule has 1 aliphatic rings. The van der Waals surface area contributed by atoms with Crippen LogP contribution in [0.5, 0.6) is 5.88 Å². The lowest BCUT2D eigenvalue weighted by Crippen LogP contribution is -2.35. The van der Waals surface area contributed by atoms with Crippen molar-refractivity contribution in [1.82, 2.24) is 29.5 Å². The predicted molar refractivity (Wildman–Crippen MR) is 147 cm³/mol. The highest BCUT2D eigenvalue weighted by Crippen LogP contribution is 2.47. The molecule has 4 aromatic heterocycles. The van der Waals surface area contributed by atoms with Crippen LogP contribution in [-0.2, 0) is 19.6 Å². The third-order valence-corrected chi connectivity index (χ3v) is 7.88. The van der Waals surface area contributed by atoms with Gasteiger partial charge >= 0.3 is 0 Å². The van der Waals surface area contributed by atoms with Crippen molar-refractivity contribution in [3.05, 3.63) is 66.6 Å². The zero-order chi connectivity index (χ0) is 25.5. The highest BCUT2D eigenvalue weighted by molar-refractivity contribution is 6.36. The number of aromatic amines is 2. The quantitative estimate of drug-likeness (QED) is 0.182. The summed E-state index contributed by atoms with van der Waals surface area (Å²) in [6.07, 6.45) is 3.41. The van der Waals surface area contributed by atoms with Crippen LogP contribution in [0, 0.1) is 0 Å². The topological polar surface area (TPSA) is 139 Å². The average Bonchev–Trinajstić information content (AvgIpc) is 3.69. The number of rotatable bonds is 4. The van der Waals surface area contributed by atoms with Crippen LogP contribution in [-0.4, -0.2) is 51.6 Å². The first-order valence-electron chi connectivity index (χ1n) is 12.6. The second kappa shape index (κ2) is 7.75. The molecule has 0 saturated heterocycles. The molecule has 7 N–H and O–H groups in total. The summed E-state index contributed by atoms with van der Waals surface area (Å²) >= 11 is 0. The molecule has 0 saturated carbocycles. The van der Waals surface area contributed by atoms with Gasteiger partial charge in [0, 0.05) is 63.1 Å². The Balaban J connectivity index is 1.47. The Kier molecular flexibility index (Phi) is 4.40. The maximum Gasteiger partial charge on any atom is 0.214 e. The normalized spacial score (nSPS) is 17.8. The van der Waals surface area contributed by atoms with Gasteiger partial charge in [-0.15, -0.1) is 0 Å². The molecule has 0 amide bonds. The minimum Gasteiger partial charge on any atom is -0.494 e. The Morgan fingerprint density at radius 1 is 0.868 bits per heavy atom. The van der Waals surface area contributed by atoms with Gasteiger partial charge < -0.3 is 34.4 Å². The van der Waals surface area contributed by atoms with Crippen LogP contribution in [0.25, 0.3) is 54.4 Å². The summed E-state index contributed by atoms with van der Waals surface area (Å²) in [7, 11) is 0. The van der Waals surface area contributed by atoms with Crippen molar-refractivity contribution in [2.75, 3.05) is 5.43 Å². The smallest absolute Gasteiger partial charge is 0.214 e. The van der Waals surface area contributed by atoms with Gasteiger partial charge in [-0.2, -0.15) is 0 Å². The molecule has 0 radical (unpaired) electrons. The average molecular weight is 508 g/mol. The lowest BCUT2D eigenvalue weighted by Gasteiger charge is -2.24. The second-order valence-electron chi connectivity index (χ2n) is 10.0. The second-order valence-corrected chi connectivity index (χ2v) is 10.0. The van der Waals surface area contributed by atoms with Crippen LogP contribution in [0.3, 0.4) is 0 Å². The summed E-state index contributed by atoms with van der Waals surface area (Å²) in [5, 5.41) is 38.7. The Hall–Kier alpha value is -4.51. The van der Waals surface area contributed by atoms with E-state index in [1.54, 1.807) is 12.4 Å². The van der Waals surface area contributed by atoms with Gasteiger partial charge in [0.2, 0.25) is 5.95 Å². The van der Waals surface area contributed by atoms with Gasteiger partial charge in [0.1, 0.15) is 0 Å². The minimum atomic E-state index is -0.951. The fourth-order valence-electron chi connectivity index (χ4n) is 6.26. The number of hydrogen-bond acceptors (Lipinski definition) is 6. The summed E-state index contributed by atoms with van der Waals surface area (Å²) in [5.74, 6) is 0.742. The number of H-pyrrole nitrogens is 2. The molecule has 10 heteroatoms. The number of aliphatic hydroxyl groups is 2. The van der Waals surface area contributed by atoms with Crippen LogP contribution < -0.4 is 10.9 Å². The number of hydrogen-bond donors (Lipinski definition) is 7. The molecule has 7 aromatic rings. The maximum atomic E-state index is 11.1. The van der Waals surface area contributed by atoms with Crippen LogP contribution in [0.1, 0.15) is 5.56 Å². The van der Waals surface area contributed by atoms with Crippen molar-refractivity contribution < 1.29 is 15.3 Å². The van der Waals surface area contributed by atoms with Gasteiger partial charge in [-0.05, 0) is 23.8 Å². The van der Waals surface area contributed by atoms with E-state index in [9.17, 15) is 15.3 Å². The summed E-state index contributed by atoms with van der Waals surface area (Å²) in [5.41, 5.74) is 11.1. The number of imidazole rings is 1. The van der Waals surface area contributed by atoms with Gasteiger partial charge in [-0.1, -0.05) is 24.3 Å². The molecule has 2 unspecified atom stereocenters. The summed E-state index contributed by atoms with van der Waals surface area (Å²) < 4.78 is 4.22. The third kappa shape index (κ3) is 2.84. The lowest BCUT2D eigenvalue weighted by molar-refractivity contribution is 0.00168. The fraction of sp³-hybridized carbons (Fsp3) is 0.179. The fourth-order valence-corrected chi connectivity index (χ4v) is 6.26. The van der Waals surface area contributed by atoms with E-state index in [1.165, 1.54) is 0 Å². The van der Waals surface area contributed by atoms with E-state index in [4.69, 9.17) is 0 Å². The third-order valence-electron chi connectivity index (χ3n) is 7.88. The van der Waals surface area contributed by atoms with Crippen molar-refractivity contribution in [3.8, 4) is 5.88 Å². The molecule has 38 heavy (non-hydrogen) atoms. The number of benzene rings is 3. The number of para-hydroxylation sites is 1. The van der Waals surface area contributed by atoms with Crippen LogP contribution >= 0.6 is 0 Å². The molecule has 2 atom stereocenters. The Morgan fingerprint density at radius 2 is 1.63 bits per heavy atom. The Morgan fingerprint density at radius 3 is 2.42 bits per heavy atom. The van der Waals surface area contributed by atoms with E-state index in [0.717, 1.165) is 59.9 Å². The highest BCUT2D eigenvalue weighted by Gasteiger charge is 2.30. The van der Waals surface area contributed by atoms with Crippen LogP contribution in [0.4, 0.5) is 5.95 Å². The largest absolute Gasteiger partial charge is 0.494 e. The monoisotopic (exact) mass is 507 g/mol. The number of aromatic nitrogens is 5. The number of anilines is 1. The first-order valence-corrected chi connectivity index (χ1v) is 12.6. The lowest BCUT2D eigenvalue weighted by atomic mass is 10.0. The number of nitrogens with one attached hydrogen (secondary N) is 4. The Labute approximate surface area is 215 Å². The predicted octanol–water partition coefficient (Wildman–Crippen LogP) is 3.66. The first-order chi connectivity index (χ1) is 18.6. The molecule has 0 spiro atoms. The van der Waals surface area contributed by atoms with Gasteiger partial charge in [-0.3, -0.25) is 5.43 Å². The van der Waals surface area contributed by atoms with E-state index < -0.39 is 12.2 Å². The number of nitrogens with zero attached hydrogens (tertiary/aromatic N) is 3. The van der Waals surface area contributed by atoms with E-state index >= 15 is 0 Å². The number of hydrazine groups is 1. The summed E-state index contributed by atoms with van der Waals surface area (Å²) in [4.78, 5) is 10.2. The van der Waals surface area contributed by atoms with Crippen LogP contribution in [0.15, 0.2) is 61.1 Å². The molecular formula is C28H25N7O3. The number of fused-ring (bicyclic) bond motifs is 9. The molecule has 10 nitrogen and oxygen atoms in total. The van der Waals surface area contributed by atoms with Crippen molar-refractivity contribution in [3.63, 3.8) is 0 Å². The highest BCUT2D eigenvalue weighted by atomic mass is 16.3. The van der Waals surface area contributed by atoms with E-state index in [-0.39, 0.29) is 19.0 Å². The zero-order valence-corrected chi connectivity index (χ0v) is 20.2. The maximum absolute atomic E-state index is 11.1. The van der Waals surface area contributed by atoms with E-state index in [1.807, 2.05) is 36.5 Å². The van der Waals surface area contributed by atoms with Gasteiger partial charge in [0.15, 0.2) is 5.88 Å². The first kappa shape index (κ1) is 21.6. The zero-order valence-electron chi connectivity index (χ0n) is 20.2. The van der Waals surface area contributed by atoms with Gasteiger partial charge in [0.05, 0.1) is 41.7 Å². The molecule has 8 rings (SSSR count). The summed E-state index contributed by atoms with van der Waals surface area (Å²) in [6.45, 7) is 1.05. The molecule has 3 aromatic carbocycles. The molecule has 0 fully saturated rings. The minimum absolute atomic E-state index is 0.114. The summed E-state index contributed by atoms with van der Waals surface area (Å²) in [6, 6.07) is 14.3. The van der Waals surface area contributed by atoms with Crippen LogP contribution in [0.2, 0.25) is 0 Å². The molecule has 5 heterocycles. The van der Waals surface area contributed by atoms with Crippen molar-refractivity contribution in [2.45, 2.75) is 31.8 Å². The van der Waals surface area contributed by atoms with Crippen molar-refractivity contribution in [1.29, 1.82) is 0 Å². The van der Waals surface area contributed by atoms with E-state index in [0.29, 0.717) is 12.5 Å². The van der Waals surface area contributed by atoms with Gasteiger partial charge in [-0.25, -0.2) is 10.4 Å². The Bertz CT molecular complexity index is 2020. The number of aromatic hydroxyl groups is 1. The van der Waals surface area contributed by atoms with Crippen molar-refractivity contribution >= 4 is 60.3 Å². The number of aliphatic hydroxyl groups excluding tert-OH is 2. The molecular weight excluding hydrogens is 482 g/mol. The molecule has 0 bridgehead atoms. The molecule has 190 valence electrons. The van der Waals surface area contributed by atoms with Gasteiger partial charge in [0.25, 0.3) is 0 Å². The molecule has 0 aliphatic carbocycles. The standard InChI is InChI=1S/C28H25N7O3/c36-20-12-34-18-4-2-1-3-15(18)22-17-11-31-27(38)24(17)23-16-9-14(10-32-33-28-29-7-8-30-28)5-6-19(16)35(13-21(20)37)26(23)25(22)34/h1-9,11,20-21,31-32,36-38H,10,12-13H2,(H2,29,30,33). The van der Waals surface area contributed by atoms with Crippen molar-refractivity contribution in [2.24, 2.45) is 0 Å². The SMILES string of the molecule is Oc1[nH]cc2c1c1c3cc(CNNc4ncc[nH]4)ccc3n3c1c1c2c2ccccc2n1CC(O)C(O)C3. The molecule has 1 aliphatic heterocycles.